The molecule has 0 amide bonds. The lowest BCUT2D eigenvalue weighted by molar-refractivity contribution is 0.151. The highest BCUT2D eigenvalue weighted by Crippen LogP contribution is 2.57. The monoisotopic (exact) mass is 601 g/mol. The molecule has 3 aliphatic carbocycles. The molecule has 4 aromatic carbocycles. The number of ether oxygens (including phenoxy) is 2. The summed E-state index contributed by atoms with van der Waals surface area (Å²) < 4.78 is 13.3. The molecule has 2 atom stereocenters. The van der Waals surface area contributed by atoms with Crippen molar-refractivity contribution in [3.05, 3.63) is 172 Å². The van der Waals surface area contributed by atoms with Gasteiger partial charge in [-0.05, 0) is 69.5 Å². The minimum absolute atomic E-state index is 0.00480. The number of allylic oxidation sites excluding steroid dienone is 6. The minimum atomic E-state index is 0.00480. The number of hydrogen-bond donors (Lipinski definition) is 2. The van der Waals surface area contributed by atoms with Gasteiger partial charge in [0.15, 0.2) is 23.1 Å². The molecule has 0 saturated heterocycles. The van der Waals surface area contributed by atoms with Crippen molar-refractivity contribution in [3.63, 3.8) is 0 Å². The third-order valence-corrected chi connectivity index (χ3v) is 9.82. The fourth-order valence-corrected chi connectivity index (χ4v) is 7.38. The molecule has 0 aromatic heterocycles. The first-order valence-corrected chi connectivity index (χ1v) is 15.9. The highest BCUT2D eigenvalue weighted by molar-refractivity contribution is 6.10. The highest BCUT2D eigenvalue weighted by atomic mass is 16.6. The molecule has 46 heavy (non-hydrogen) atoms. The van der Waals surface area contributed by atoms with E-state index in [-0.39, 0.29) is 17.2 Å². The molecule has 4 aliphatic rings. The molecule has 3 N–H and O–H groups in total. The van der Waals surface area contributed by atoms with Crippen LogP contribution in [0.2, 0.25) is 0 Å². The van der Waals surface area contributed by atoms with Crippen LogP contribution in [-0.2, 0) is 14.9 Å². The molecule has 0 spiro atoms. The summed E-state index contributed by atoms with van der Waals surface area (Å²) in [5.74, 6) is 4.25. The maximum Gasteiger partial charge on any atom is 0.165 e. The summed E-state index contributed by atoms with van der Waals surface area (Å²) in [5, 5.41) is 8.69. The Hall–Kier alpha value is -5.42. The van der Waals surface area contributed by atoms with Gasteiger partial charge < -0.3 is 15.2 Å². The smallest absolute Gasteiger partial charge is 0.165 e. The summed E-state index contributed by atoms with van der Waals surface area (Å²) in [7, 11) is 0. The standard InChI is InChI=1S/C41H35N3O2/c1-41(2)32-17-7-6-16-31(32)37-33(41)19-21-35-38(37)46-36-24-28(18-20-34(36)45-35)27-13-9-15-30(23-27)40(43)44-39(42)29-14-8-12-26(22-29)25-10-4-3-5-11-25/h3-17,19,21-24,33,37H,18,20H2,1-2H3,(H3,42,43,44). The van der Waals surface area contributed by atoms with Crippen LogP contribution < -0.4 is 5.73 Å². The fraction of sp³-hybridized carbons (Fsp3) is 0.171. The summed E-state index contributed by atoms with van der Waals surface area (Å²) >= 11 is 0. The third-order valence-electron chi connectivity index (χ3n) is 9.82. The third kappa shape index (κ3) is 4.71. The van der Waals surface area contributed by atoms with Crippen LogP contribution >= 0.6 is 0 Å². The molecular formula is C41H35N3O2. The first-order valence-electron chi connectivity index (χ1n) is 15.9. The van der Waals surface area contributed by atoms with E-state index >= 15 is 0 Å². The van der Waals surface area contributed by atoms with E-state index in [2.05, 4.69) is 79.5 Å². The van der Waals surface area contributed by atoms with E-state index in [4.69, 9.17) is 20.6 Å². The molecule has 2 unspecified atom stereocenters. The van der Waals surface area contributed by atoms with Crippen molar-refractivity contribution in [2.24, 2.45) is 16.6 Å². The zero-order chi connectivity index (χ0) is 31.4. The van der Waals surface area contributed by atoms with Gasteiger partial charge in [-0.15, -0.1) is 0 Å². The SMILES string of the molecule is CC1(C)c2ccccc2C2C3=C(C=CC21)OC1=C(C=C(c2cccc(C(N)=NC(=N)c4cccc(-c5ccccc5)c4)c2)CC1)O3. The average molecular weight is 602 g/mol. The van der Waals surface area contributed by atoms with Crippen molar-refractivity contribution in [1.29, 1.82) is 5.41 Å². The van der Waals surface area contributed by atoms with Gasteiger partial charge in [0, 0.05) is 23.5 Å². The molecular weight excluding hydrogens is 566 g/mol. The number of nitrogens with two attached hydrogens (primary N) is 1. The van der Waals surface area contributed by atoms with Crippen LogP contribution in [0.1, 0.15) is 60.4 Å². The fourth-order valence-electron chi connectivity index (χ4n) is 7.38. The molecule has 0 saturated carbocycles. The van der Waals surface area contributed by atoms with Crippen molar-refractivity contribution >= 4 is 17.2 Å². The van der Waals surface area contributed by atoms with Gasteiger partial charge in [0.05, 0.1) is 5.92 Å². The van der Waals surface area contributed by atoms with Crippen LogP contribution in [-0.4, -0.2) is 11.7 Å². The highest BCUT2D eigenvalue weighted by Gasteiger charge is 2.50. The largest absolute Gasteiger partial charge is 0.454 e. The Labute approximate surface area is 269 Å². The summed E-state index contributed by atoms with van der Waals surface area (Å²) in [6, 6.07) is 34.8. The maximum absolute atomic E-state index is 8.69. The lowest BCUT2D eigenvalue weighted by Gasteiger charge is -2.36. The van der Waals surface area contributed by atoms with Crippen molar-refractivity contribution in [2.75, 3.05) is 0 Å². The molecule has 0 fully saturated rings. The van der Waals surface area contributed by atoms with Crippen LogP contribution in [0.4, 0.5) is 0 Å². The number of amidine groups is 2. The van der Waals surface area contributed by atoms with Gasteiger partial charge in [0.1, 0.15) is 11.6 Å². The van der Waals surface area contributed by atoms with Gasteiger partial charge >= 0.3 is 0 Å². The van der Waals surface area contributed by atoms with Crippen LogP contribution in [0.25, 0.3) is 16.7 Å². The van der Waals surface area contributed by atoms with Crippen LogP contribution in [0, 0.1) is 11.3 Å². The van der Waals surface area contributed by atoms with Gasteiger partial charge in [-0.25, -0.2) is 4.99 Å². The number of nitrogens with zero attached hydrogens (tertiary/aromatic N) is 1. The van der Waals surface area contributed by atoms with Gasteiger partial charge in [-0.3, -0.25) is 5.41 Å². The summed E-state index contributed by atoms with van der Waals surface area (Å²) in [6.45, 7) is 4.65. The van der Waals surface area contributed by atoms with Crippen molar-refractivity contribution in [3.8, 4) is 11.1 Å². The van der Waals surface area contributed by atoms with Gasteiger partial charge in [-0.2, -0.15) is 0 Å². The number of fused-ring (bicyclic) bond motifs is 4. The second-order valence-electron chi connectivity index (χ2n) is 12.9. The molecule has 0 bridgehead atoms. The average Bonchev–Trinajstić information content (AvgIpc) is 3.34. The number of benzene rings is 4. The Balaban J connectivity index is 1.04. The lowest BCUT2D eigenvalue weighted by Crippen LogP contribution is -2.29. The summed E-state index contributed by atoms with van der Waals surface area (Å²) in [6.07, 6.45) is 8.09. The van der Waals surface area contributed by atoms with Gasteiger partial charge in [0.2, 0.25) is 0 Å². The molecule has 4 aromatic rings. The quantitative estimate of drug-likeness (QED) is 0.181. The summed E-state index contributed by atoms with van der Waals surface area (Å²) in [5.41, 5.74) is 15.0. The zero-order valence-corrected chi connectivity index (χ0v) is 26.0. The molecule has 226 valence electrons. The Kier molecular flexibility index (Phi) is 6.64. The maximum atomic E-state index is 8.69. The lowest BCUT2D eigenvalue weighted by atomic mass is 9.73. The number of aliphatic imine (C=N–C) groups is 1. The van der Waals surface area contributed by atoms with Crippen LogP contribution in [0.3, 0.4) is 0 Å². The van der Waals surface area contributed by atoms with Crippen molar-refractivity contribution in [2.45, 2.75) is 38.0 Å². The van der Waals surface area contributed by atoms with Gasteiger partial charge in [-0.1, -0.05) is 111 Å². The van der Waals surface area contributed by atoms with E-state index in [1.54, 1.807) is 0 Å². The molecule has 8 rings (SSSR count). The molecule has 5 heteroatoms. The van der Waals surface area contributed by atoms with E-state index < -0.39 is 0 Å². The number of nitrogens with one attached hydrogen (secondary N) is 1. The Bertz CT molecular complexity index is 2060. The van der Waals surface area contributed by atoms with Gasteiger partial charge in [0.25, 0.3) is 0 Å². The van der Waals surface area contributed by atoms with Crippen molar-refractivity contribution < 1.29 is 9.47 Å². The predicted octanol–water partition coefficient (Wildman–Crippen LogP) is 8.99. The predicted molar refractivity (Wildman–Crippen MR) is 184 cm³/mol. The zero-order valence-electron chi connectivity index (χ0n) is 26.0. The normalized spacial score (nSPS) is 20.9. The first-order chi connectivity index (χ1) is 22.4. The van der Waals surface area contributed by atoms with Crippen LogP contribution in [0.15, 0.2) is 149 Å². The Morgan fingerprint density at radius 1 is 0.783 bits per heavy atom. The van der Waals surface area contributed by atoms with Crippen molar-refractivity contribution in [1.82, 2.24) is 0 Å². The first kappa shape index (κ1) is 28.1. The van der Waals surface area contributed by atoms with E-state index in [1.165, 1.54) is 11.1 Å². The van der Waals surface area contributed by atoms with E-state index in [0.29, 0.717) is 17.3 Å². The molecule has 0 radical (unpaired) electrons. The molecule has 5 nitrogen and oxygen atoms in total. The second-order valence-corrected chi connectivity index (χ2v) is 12.9. The Morgan fingerprint density at radius 2 is 1.50 bits per heavy atom. The van der Waals surface area contributed by atoms with E-state index in [1.807, 2.05) is 60.7 Å². The van der Waals surface area contributed by atoms with E-state index in [0.717, 1.165) is 63.7 Å². The minimum Gasteiger partial charge on any atom is -0.454 e. The summed E-state index contributed by atoms with van der Waals surface area (Å²) in [4.78, 5) is 4.50. The van der Waals surface area contributed by atoms with E-state index in [9.17, 15) is 0 Å². The number of hydrogen-bond acceptors (Lipinski definition) is 3. The number of rotatable bonds is 4. The molecule has 1 aliphatic heterocycles. The Morgan fingerprint density at radius 3 is 2.35 bits per heavy atom. The second kappa shape index (κ2) is 10.9. The molecule has 1 heterocycles. The van der Waals surface area contributed by atoms with Crippen LogP contribution in [0.5, 0.6) is 0 Å². The topological polar surface area (TPSA) is 80.7 Å².